The summed E-state index contributed by atoms with van der Waals surface area (Å²) in [7, 11) is 0. The van der Waals surface area contributed by atoms with Crippen molar-refractivity contribution in [3.8, 4) is 0 Å². The topological polar surface area (TPSA) is 56.0 Å². The van der Waals surface area contributed by atoms with E-state index in [9.17, 15) is 9.59 Å². The number of carbonyl (C=O) groups is 2. The summed E-state index contributed by atoms with van der Waals surface area (Å²) < 4.78 is 1.31. The second-order valence-corrected chi connectivity index (χ2v) is 6.84. The van der Waals surface area contributed by atoms with Crippen LogP contribution < -0.4 is 4.90 Å². The summed E-state index contributed by atoms with van der Waals surface area (Å²) in [6.45, 7) is 5.51. The lowest BCUT2D eigenvalue weighted by molar-refractivity contribution is -0.534. The Bertz CT molecular complexity index is 904. The molecule has 0 saturated carbocycles. The van der Waals surface area contributed by atoms with Gasteiger partial charge in [-0.15, -0.1) is 0 Å². The van der Waals surface area contributed by atoms with Crippen LogP contribution in [0.1, 0.15) is 16.7 Å². The van der Waals surface area contributed by atoms with Gasteiger partial charge < -0.3 is 4.90 Å². The highest BCUT2D eigenvalue weighted by Crippen LogP contribution is 2.27. The molecular formula is C20H21N4O2+. The average Bonchev–Trinajstić information content (AvgIpc) is 3.04. The van der Waals surface area contributed by atoms with Gasteiger partial charge in [-0.1, -0.05) is 41.5 Å². The average molecular weight is 349 g/mol. The molecule has 0 radical (unpaired) electrons. The number of hydrogen-bond acceptors (Lipinski definition) is 4. The van der Waals surface area contributed by atoms with E-state index in [-0.39, 0.29) is 0 Å². The molecule has 0 aromatic heterocycles. The summed E-state index contributed by atoms with van der Waals surface area (Å²) in [4.78, 5) is 28.6. The molecule has 2 aliphatic heterocycles. The Labute approximate surface area is 152 Å². The Morgan fingerprint density at radius 1 is 1.00 bits per heavy atom. The fourth-order valence-corrected chi connectivity index (χ4v) is 3.45. The zero-order valence-corrected chi connectivity index (χ0v) is 14.9. The molecule has 1 fully saturated rings. The number of aryl methyl sites for hydroxylation is 2. The molecular weight excluding hydrogens is 328 g/mol. The van der Waals surface area contributed by atoms with Crippen LogP contribution in [-0.2, 0) is 16.1 Å². The van der Waals surface area contributed by atoms with Crippen LogP contribution >= 0.6 is 0 Å². The first kappa shape index (κ1) is 16.4. The van der Waals surface area contributed by atoms with Gasteiger partial charge in [0, 0.05) is 29.5 Å². The first-order chi connectivity index (χ1) is 12.5. The summed E-state index contributed by atoms with van der Waals surface area (Å²) in [6.07, 6.45) is -0.465. The van der Waals surface area contributed by atoms with Gasteiger partial charge >= 0.3 is 11.8 Å². The van der Waals surface area contributed by atoms with E-state index in [1.807, 2.05) is 62.4 Å². The lowest BCUT2D eigenvalue weighted by Gasteiger charge is -2.27. The molecule has 0 N–H and O–H groups in total. The fraction of sp³-hybridized carbons (Fsp3) is 0.300. The van der Waals surface area contributed by atoms with Gasteiger partial charge in [-0.05, 0) is 36.7 Å². The monoisotopic (exact) mass is 349 g/mol. The van der Waals surface area contributed by atoms with E-state index in [1.165, 1.54) is 10.3 Å². The number of benzene rings is 2. The first-order valence-corrected chi connectivity index (χ1v) is 8.75. The summed E-state index contributed by atoms with van der Waals surface area (Å²) >= 11 is 0. The summed E-state index contributed by atoms with van der Waals surface area (Å²) in [5.41, 5.74) is 4.26. The minimum absolute atomic E-state index is 0.304. The van der Waals surface area contributed by atoms with Crippen molar-refractivity contribution in [2.45, 2.75) is 26.7 Å². The van der Waals surface area contributed by atoms with Crippen molar-refractivity contribution in [2.75, 3.05) is 18.0 Å². The quantitative estimate of drug-likeness (QED) is 0.632. The number of rotatable bonds is 3. The molecule has 4 rings (SSSR count). The normalized spacial score (nSPS) is 19.6. The van der Waals surface area contributed by atoms with Crippen molar-refractivity contribution in [1.82, 2.24) is 4.90 Å². The second-order valence-electron chi connectivity index (χ2n) is 6.84. The van der Waals surface area contributed by atoms with Crippen molar-refractivity contribution in [3.05, 3.63) is 65.2 Å². The van der Waals surface area contributed by atoms with Crippen LogP contribution in [0.3, 0.4) is 0 Å². The van der Waals surface area contributed by atoms with E-state index in [2.05, 4.69) is 10.0 Å². The third kappa shape index (κ3) is 2.87. The SMILES string of the molecule is Cc1ccc(N2CCN3C(=O)C(=O)[N+](Cc4cccc(C)c4)=NC32)cc1. The maximum atomic E-state index is 12.6. The van der Waals surface area contributed by atoms with Gasteiger partial charge in [0.15, 0.2) is 0 Å². The number of amides is 2. The van der Waals surface area contributed by atoms with E-state index in [1.54, 1.807) is 4.90 Å². The predicted molar refractivity (Wildman–Crippen MR) is 96.6 cm³/mol. The molecule has 0 aliphatic carbocycles. The lowest BCUT2D eigenvalue weighted by atomic mass is 10.1. The van der Waals surface area contributed by atoms with Crippen LogP contribution in [0.25, 0.3) is 0 Å². The summed E-state index contributed by atoms with van der Waals surface area (Å²) in [5.74, 6) is -1.04. The second kappa shape index (κ2) is 6.37. The van der Waals surface area contributed by atoms with Gasteiger partial charge in [-0.3, -0.25) is 9.69 Å². The van der Waals surface area contributed by atoms with E-state index < -0.39 is 18.1 Å². The molecule has 2 heterocycles. The first-order valence-electron chi connectivity index (χ1n) is 8.75. The molecule has 26 heavy (non-hydrogen) atoms. The maximum absolute atomic E-state index is 12.6. The number of azo groups is 2. The minimum atomic E-state index is -0.562. The van der Waals surface area contributed by atoms with Crippen molar-refractivity contribution in [3.63, 3.8) is 0 Å². The van der Waals surface area contributed by atoms with Gasteiger partial charge in [0.25, 0.3) is 6.29 Å². The van der Waals surface area contributed by atoms with Crippen molar-refractivity contribution in [2.24, 2.45) is 5.11 Å². The van der Waals surface area contributed by atoms with E-state index in [4.69, 9.17) is 0 Å². The maximum Gasteiger partial charge on any atom is 0.502 e. The van der Waals surface area contributed by atoms with Crippen LogP contribution in [0, 0.1) is 13.8 Å². The third-order valence-corrected chi connectivity index (χ3v) is 4.84. The molecule has 1 atom stereocenters. The highest BCUT2D eigenvalue weighted by Gasteiger charge is 2.49. The zero-order valence-electron chi connectivity index (χ0n) is 14.9. The summed E-state index contributed by atoms with van der Waals surface area (Å²) in [5, 5.41) is 4.60. The van der Waals surface area contributed by atoms with E-state index in [0.717, 1.165) is 16.8 Å². The van der Waals surface area contributed by atoms with Crippen LogP contribution in [0.2, 0.25) is 0 Å². The van der Waals surface area contributed by atoms with Gasteiger partial charge in [-0.2, -0.15) is 0 Å². The standard InChI is InChI=1S/C20H21N4O2/c1-14-6-8-17(9-7-14)22-10-11-23-18(25)19(26)24(21-20(22)23)13-16-5-3-4-15(2)12-16/h3-9,12,20H,10-11,13H2,1-2H3/q+1. The molecule has 132 valence electrons. The van der Waals surface area contributed by atoms with Gasteiger partial charge in [0.2, 0.25) is 6.54 Å². The summed E-state index contributed by atoms with van der Waals surface area (Å²) in [6, 6.07) is 16.0. The van der Waals surface area contributed by atoms with Crippen molar-refractivity contribution in [1.29, 1.82) is 0 Å². The Hall–Kier alpha value is -3.02. The van der Waals surface area contributed by atoms with Crippen LogP contribution in [0.5, 0.6) is 0 Å². The number of nitrogens with zero attached hydrogens (tertiary/aromatic N) is 4. The van der Waals surface area contributed by atoms with Gasteiger partial charge in [0.1, 0.15) is 0 Å². The number of carbonyl (C=O) groups excluding carboxylic acids is 2. The lowest BCUT2D eigenvalue weighted by Crippen LogP contribution is -2.51. The van der Waals surface area contributed by atoms with Crippen LogP contribution in [0.4, 0.5) is 5.69 Å². The fourth-order valence-electron chi connectivity index (χ4n) is 3.45. The molecule has 1 unspecified atom stereocenters. The third-order valence-electron chi connectivity index (χ3n) is 4.84. The number of hydrogen-bond donors (Lipinski definition) is 0. The molecule has 2 aromatic rings. The van der Waals surface area contributed by atoms with Crippen molar-refractivity contribution >= 4 is 17.5 Å². The highest BCUT2D eigenvalue weighted by molar-refractivity contribution is 6.31. The Kier molecular flexibility index (Phi) is 4.03. The zero-order chi connectivity index (χ0) is 18.3. The molecule has 1 saturated heterocycles. The smallest absolute Gasteiger partial charge is 0.326 e. The minimum Gasteiger partial charge on any atom is -0.326 e. The predicted octanol–water partition coefficient (Wildman–Crippen LogP) is 2.44. The molecule has 2 aliphatic rings. The Balaban J connectivity index is 1.66. The van der Waals surface area contributed by atoms with Crippen LogP contribution in [0.15, 0.2) is 53.6 Å². The van der Waals surface area contributed by atoms with Gasteiger partial charge in [-0.25, -0.2) is 4.79 Å². The highest BCUT2D eigenvalue weighted by atomic mass is 16.2. The molecule has 2 amide bonds. The largest absolute Gasteiger partial charge is 0.502 e. The van der Waals surface area contributed by atoms with E-state index >= 15 is 0 Å². The molecule has 0 spiro atoms. The molecule has 2 aromatic carbocycles. The Morgan fingerprint density at radius 3 is 2.46 bits per heavy atom. The number of fused-ring (bicyclic) bond motifs is 1. The van der Waals surface area contributed by atoms with E-state index in [0.29, 0.717) is 19.6 Å². The molecule has 6 heteroatoms. The number of anilines is 1. The Morgan fingerprint density at radius 2 is 1.73 bits per heavy atom. The van der Waals surface area contributed by atoms with Crippen molar-refractivity contribution < 1.29 is 14.3 Å². The molecule has 6 nitrogen and oxygen atoms in total. The van der Waals surface area contributed by atoms with Gasteiger partial charge in [0.05, 0.1) is 0 Å². The van der Waals surface area contributed by atoms with Crippen LogP contribution in [-0.4, -0.2) is 40.8 Å². The molecule has 0 bridgehead atoms.